The zero-order valence-corrected chi connectivity index (χ0v) is 9.47. The maximum atomic E-state index is 13.8. The predicted molar refractivity (Wildman–Crippen MR) is 60.0 cm³/mol. The Hall–Kier alpha value is -0.960. The Morgan fingerprint density at radius 1 is 1.25 bits per heavy atom. The van der Waals surface area contributed by atoms with Gasteiger partial charge in [-0.15, -0.1) is 0 Å². The van der Waals surface area contributed by atoms with Crippen LogP contribution in [-0.2, 0) is 0 Å². The maximum absolute atomic E-state index is 13.8. The van der Waals surface area contributed by atoms with Gasteiger partial charge in [-0.05, 0) is 37.3 Å². The first-order chi connectivity index (χ1) is 7.61. The summed E-state index contributed by atoms with van der Waals surface area (Å²) >= 11 is 0. The van der Waals surface area contributed by atoms with E-state index in [0.29, 0.717) is 5.56 Å². The number of hydrogen-bond donors (Lipinski definition) is 1. The Morgan fingerprint density at radius 3 is 2.50 bits per heavy atom. The first-order valence-electron chi connectivity index (χ1n) is 5.81. The topological polar surface area (TPSA) is 26.0 Å². The van der Waals surface area contributed by atoms with Crippen LogP contribution >= 0.6 is 0 Å². The molecule has 1 nitrogen and oxygen atoms in total. The summed E-state index contributed by atoms with van der Waals surface area (Å²) in [5, 5.41) is 0. The fourth-order valence-corrected chi connectivity index (χ4v) is 2.54. The lowest BCUT2D eigenvalue weighted by Crippen LogP contribution is -2.22. The van der Waals surface area contributed by atoms with Gasteiger partial charge in [-0.2, -0.15) is 0 Å². The molecule has 0 bridgehead atoms. The smallest absolute Gasteiger partial charge is 0.133 e. The summed E-state index contributed by atoms with van der Waals surface area (Å²) in [5.74, 6) is -0.757. The van der Waals surface area contributed by atoms with Gasteiger partial charge in [0.05, 0.1) is 0 Å². The Bertz CT molecular complexity index is 384. The van der Waals surface area contributed by atoms with Crippen molar-refractivity contribution in [2.45, 2.75) is 38.6 Å². The van der Waals surface area contributed by atoms with Gasteiger partial charge in [0.2, 0.25) is 0 Å². The molecule has 88 valence electrons. The lowest BCUT2D eigenvalue weighted by molar-refractivity contribution is 0.409. The number of rotatable bonds is 2. The van der Waals surface area contributed by atoms with E-state index in [-0.39, 0.29) is 11.5 Å². The largest absolute Gasteiger partial charge is 0.324 e. The normalized spacial score (nSPS) is 19.0. The molecule has 1 aliphatic rings. The summed E-state index contributed by atoms with van der Waals surface area (Å²) in [6.07, 6.45) is 4.20. The lowest BCUT2D eigenvalue weighted by atomic mass is 9.91. The van der Waals surface area contributed by atoms with E-state index in [1.165, 1.54) is 12.1 Å². The third-order valence-corrected chi connectivity index (χ3v) is 3.56. The van der Waals surface area contributed by atoms with Crippen LogP contribution in [0.5, 0.6) is 0 Å². The number of aryl methyl sites for hydroxylation is 1. The van der Waals surface area contributed by atoms with Gasteiger partial charge >= 0.3 is 0 Å². The molecule has 1 aliphatic carbocycles. The Morgan fingerprint density at radius 2 is 1.88 bits per heavy atom. The summed E-state index contributed by atoms with van der Waals surface area (Å²) in [7, 11) is 0. The Kier molecular flexibility index (Phi) is 3.24. The molecule has 0 radical (unpaired) electrons. The summed E-state index contributed by atoms with van der Waals surface area (Å²) in [6, 6.07) is 2.26. The third kappa shape index (κ3) is 1.96. The first-order valence-corrected chi connectivity index (χ1v) is 5.81. The molecule has 3 heteroatoms. The highest BCUT2D eigenvalue weighted by atomic mass is 19.1. The van der Waals surface area contributed by atoms with E-state index in [1.807, 2.05) is 0 Å². The van der Waals surface area contributed by atoms with Crippen LogP contribution < -0.4 is 5.73 Å². The van der Waals surface area contributed by atoms with Crippen molar-refractivity contribution in [1.82, 2.24) is 0 Å². The van der Waals surface area contributed by atoms with E-state index >= 15 is 0 Å². The van der Waals surface area contributed by atoms with Crippen LogP contribution in [0.15, 0.2) is 12.1 Å². The van der Waals surface area contributed by atoms with Crippen molar-refractivity contribution in [3.05, 3.63) is 34.9 Å². The van der Waals surface area contributed by atoms with Gasteiger partial charge in [0.15, 0.2) is 0 Å². The summed E-state index contributed by atoms with van der Waals surface area (Å²) in [4.78, 5) is 0. The highest BCUT2D eigenvalue weighted by molar-refractivity contribution is 5.29. The molecule has 1 saturated carbocycles. The molecule has 1 aromatic carbocycles. The number of hydrogen-bond acceptors (Lipinski definition) is 1. The van der Waals surface area contributed by atoms with Crippen molar-refractivity contribution >= 4 is 0 Å². The second-order valence-electron chi connectivity index (χ2n) is 4.66. The maximum Gasteiger partial charge on any atom is 0.133 e. The number of halogens is 2. The molecule has 0 heterocycles. The average Bonchev–Trinajstić information content (AvgIpc) is 2.77. The molecular formula is C13H17F2N. The molecule has 0 spiro atoms. The van der Waals surface area contributed by atoms with Crippen molar-refractivity contribution in [2.75, 3.05) is 0 Å². The van der Waals surface area contributed by atoms with Crippen molar-refractivity contribution in [1.29, 1.82) is 0 Å². The average molecular weight is 225 g/mol. The molecule has 1 aromatic rings. The van der Waals surface area contributed by atoms with Crippen LogP contribution in [0.25, 0.3) is 0 Å². The second-order valence-corrected chi connectivity index (χ2v) is 4.66. The van der Waals surface area contributed by atoms with Crippen molar-refractivity contribution in [3.63, 3.8) is 0 Å². The molecule has 2 rings (SSSR count). The van der Waals surface area contributed by atoms with Gasteiger partial charge in [-0.1, -0.05) is 18.9 Å². The monoisotopic (exact) mass is 225 g/mol. The first kappa shape index (κ1) is 11.5. The van der Waals surface area contributed by atoms with Gasteiger partial charge in [-0.3, -0.25) is 0 Å². The molecule has 1 atom stereocenters. The van der Waals surface area contributed by atoms with Crippen LogP contribution in [0.3, 0.4) is 0 Å². The third-order valence-electron chi connectivity index (χ3n) is 3.56. The van der Waals surface area contributed by atoms with E-state index in [4.69, 9.17) is 5.73 Å². The van der Waals surface area contributed by atoms with Crippen LogP contribution in [0, 0.1) is 24.5 Å². The minimum atomic E-state index is -0.512. The van der Waals surface area contributed by atoms with E-state index in [0.717, 1.165) is 25.7 Å². The van der Waals surface area contributed by atoms with Crippen molar-refractivity contribution in [3.8, 4) is 0 Å². The van der Waals surface area contributed by atoms with Crippen molar-refractivity contribution < 1.29 is 8.78 Å². The molecule has 0 aromatic heterocycles. The zero-order chi connectivity index (χ0) is 11.7. The molecular weight excluding hydrogens is 208 g/mol. The molecule has 16 heavy (non-hydrogen) atoms. The number of nitrogens with two attached hydrogens (primary N) is 1. The minimum Gasteiger partial charge on any atom is -0.324 e. The highest BCUT2D eigenvalue weighted by Crippen LogP contribution is 2.36. The Balaban J connectivity index is 2.34. The molecule has 0 saturated heterocycles. The Labute approximate surface area is 94.7 Å². The SMILES string of the molecule is Cc1ccc(F)c([C@@H](N)C2CCCC2)c1F. The van der Waals surface area contributed by atoms with Gasteiger partial charge in [0.1, 0.15) is 11.6 Å². The lowest BCUT2D eigenvalue weighted by Gasteiger charge is -2.21. The molecule has 0 unspecified atom stereocenters. The van der Waals surface area contributed by atoms with E-state index < -0.39 is 17.7 Å². The van der Waals surface area contributed by atoms with E-state index in [9.17, 15) is 8.78 Å². The van der Waals surface area contributed by atoms with Crippen LogP contribution in [0.1, 0.15) is 42.9 Å². The zero-order valence-electron chi connectivity index (χ0n) is 9.47. The number of benzene rings is 1. The van der Waals surface area contributed by atoms with E-state index in [1.54, 1.807) is 6.92 Å². The fourth-order valence-electron chi connectivity index (χ4n) is 2.54. The summed E-state index contributed by atoms with van der Waals surface area (Å²) in [5.41, 5.74) is 6.53. The standard InChI is InChI=1S/C13H17F2N/c1-8-6-7-10(14)11(12(8)15)13(16)9-4-2-3-5-9/h6-7,9,13H,2-5,16H2,1H3/t13-/m0/s1. The minimum absolute atomic E-state index is 0.0758. The van der Waals surface area contributed by atoms with Gasteiger partial charge in [0.25, 0.3) is 0 Å². The molecule has 0 aliphatic heterocycles. The highest BCUT2D eigenvalue weighted by Gasteiger charge is 2.28. The van der Waals surface area contributed by atoms with E-state index in [2.05, 4.69) is 0 Å². The molecule has 0 amide bonds. The summed E-state index contributed by atoms with van der Waals surface area (Å²) < 4.78 is 27.5. The quantitative estimate of drug-likeness (QED) is 0.819. The second kappa shape index (κ2) is 4.50. The van der Waals surface area contributed by atoms with Crippen LogP contribution in [0.4, 0.5) is 8.78 Å². The molecule has 2 N–H and O–H groups in total. The fraction of sp³-hybridized carbons (Fsp3) is 0.538. The van der Waals surface area contributed by atoms with Gasteiger partial charge in [-0.25, -0.2) is 8.78 Å². The predicted octanol–water partition coefficient (Wildman–Crippen LogP) is 3.46. The molecule has 1 fully saturated rings. The van der Waals surface area contributed by atoms with Gasteiger partial charge < -0.3 is 5.73 Å². The van der Waals surface area contributed by atoms with Crippen LogP contribution in [-0.4, -0.2) is 0 Å². The summed E-state index contributed by atoms with van der Waals surface area (Å²) in [6.45, 7) is 1.64. The van der Waals surface area contributed by atoms with Crippen molar-refractivity contribution in [2.24, 2.45) is 11.7 Å². The van der Waals surface area contributed by atoms with Gasteiger partial charge in [0, 0.05) is 11.6 Å². The van der Waals surface area contributed by atoms with Crippen LogP contribution in [0.2, 0.25) is 0 Å².